The van der Waals surface area contributed by atoms with Crippen molar-refractivity contribution in [1.29, 1.82) is 5.26 Å². The van der Waals surface area contributed by atoms with Gasteiger partial charge in [0.1, 0.15) is 0 Å². The molecule has 3 heteroatoms. The number of nitrogens with zero attached hydrogens (tertiary/aromatic N) is 2. The van der Waals surface area contributed by atoms with Crippen molar-refractivity contribution in [3.63, 3.8) is 0 Å². The van der Waals surface area contributed by atoms with Gasteiger partial charge in [0.2, 0.25) is 0 Å². The van der Waals surface area contributed by atoms with E-state index in [4.69, 9.17) is 5.26 Å². The van der Waals surface area contributed by atoms with E-state index in [0.29, 0.717) is 11.8 Å². The number of rotatable bonds is 2. The van der Waals surface area contributed by atoms with Gasteiger partial charge in [0.25, 0.3) is 0 Å². The molecule has 1 saturated carbocycles. The summed E-state index contributed by atoms with van der Waals surface area (Å²) in [5.41, 5.74) is 0. The predicted octanol–water partition coefficient (Wildman–Crippen LogP) is -1.07. The van der Waals surface area contributed by atoms with Gasteiger partial charge >= 0.3 is 29.6 Å². The van der Waals surface area contributed by atoms with E-state index in [1.807, 2.05) is 7.05 Å². The van der Waals surface area contributed by atoms with Crippen molar-refractivity contribution in [2.45, 2.75) is 19.3 Å². The molecular weight excluding hydrogens is 147 g/mol. The average molecular weight is 160 g/mol. The molecule has 1 rings (SSSR count). The standard InChI is InChI=1S/C8H13N2.Na/c1-10-6-8-3-2-7(4-8)5-9;/h7-8H,2-4,6H2,1H3;/q-1;+1. The Balaban J connectivity index is 0.000001000. The Bertz CT molecular complexity index is 142. The predicted molar refractivity (Wildman–Crippen MR) is 40.6 cm³/mol. The van der Waals surface area contributed by atoms with Gasteiger partial charge in [-0.15, -0.1) is 6.54 Å². The Morgan fingerprint density at radius 3 is 2.73 bits per heavy atom. The van der Waals surface area contributed by atoms with Crippen LogP contribution in [0.2, 0.25) is 0 Å². The maximum absolute atomic E-state index is 8.57. The zero-order valence-corrected chi connectivity index (χ0v) is 9.38. The van der Waals surface area contributed by atoms with Crippen LogP contribution in [-0.2, 0) is 0 Å². The summed E-state index contributed by atoms with van der Waals surface area (Å²) in [5, 5.41) is 12.6. The Kier molecular flexibility index (Phi) is 6.27. The van der Waals surface area contributed by atoms with E-state index >= 15 is 0 Å². The summed E-state index contributed by atoms with van der Waals surface area (Å²) in [4.78, 5) is 0. The van der Waals surface area contributed by atoms with Crippen LogP contribution in [0.1, 0.15) is 19.3 Å². The molecule has 0 aliphatic heterocycles. The summed E-state index contributed by atoms with van der Waals surface area (Å²) in [6, 6.07) is 2.31. The fourth-order valence-electron chi connectivity index (χ4n) is 1.62. The molecule has 1 aliphatic rings. The Hall–Kier alpha value is 0.450. The quantitative estimate of drug-likeness (QED) is 0.474. The second-order valence-corrected chi connectivity index (χ2v) is 3.00. The van der Waals surface area contributed by atoms with Crippen molar-refractivity contribution in [2.24, 2.45) is 11.8 Å². The van der Waals surface area contributed by atoms with Crippen molar-refractivity contribution in [3.05, 3.63) is 5.32 Å². The van der Waals surface area contributed by atoms with E-state index in [0.717, 1.165) is 19.4 Å². The molecule has 0 amide bonds. The Labute approximate surface area is 90.6 Å². The van der Waals surface area contributed by atoms with Crippen LogP contribution >= 0.6 is 0 Å². The van der Waals surface area contributed by atoms with Crippen LogP contribution in [0, 0.1) is 23.2 Å². The molecule has 2 nitrogen and oxygen atoms in total. The summed E-state index contributed by atoms with van der Waals surface area (Å²) in [5.74, 6) is 1.03. The third kappa shape index (κ3) is 3.57. The summed E-state index contributed by atoms with van der Waals surface area (Å²) in [6.45, 7) is 0.957. The molecule has 0 radical (unpaired) electrons. The van der Waals surface area contributed by atoms with Crippen molar-refractivity contribution in [1.82, 2.24) is 0 Å². The van der Waals surface area contributed by atoms with Crippen LogP contribution < -0.4 is 29.6 Å². The van der Waals surface area contributed by atoms with Crippen LogP contribution in [0.3, 0.4) is 0 Å². The first-order valence-electron chi connectivity index (χ1n) is 3.82. The van der Waals surface area contributed by atoms with Gasteiger partial charge in [0.15, 0.2) is 0 Å². The number of hydrogen-bond donors (Lipinski definition) is 0. The van der Waals surface area contributed by atoms with Gasteiger partial charge in [-0.2, -0.15) is 12.3 Å². The van der Waals surface area contributed by atoms with Crippen molar-refractivity contribution < 1.29 is 29.6 Å². The smallest absolute Gasteiger partial charge is 0.665 e. The number of hydrogen-bond acceptors (Lipinski definition) is 1. The monoisotopic (exact) mass is 160 g/mol. The molecule has 2 unspecified atom stereocenters. The molecule has 0 spiro atoms. The van der Waals surface area contributed by atoms with E-state index in [-0.39, 0.29) is 29.6 Å². The fraction of sp³-hybridized carbons (Fsp3) is 0.875. The first kappa shape index (κ1) is 11.4. The molecule has 0 saturated heterocycles. The van der Waals surface area contributed by atoms with Gasteiger partial charge in [-0.3, -0.25) is 0 Å². The second-order valence-electron chi connectivity index (χ2n) is 3.00. The molecule has 2 atom stereocenters. The molecule has 56 valence electrons. The van der Waals surface area contributed by atoms with Gasteiger partial charge in [0, 0.05) is 5.92 Å². The van der Waals surface area contributed by atoms with Gasteiger partial charge in [-0.05, 0) is 12.8 Å². The molecule has 0 aromatic rings. The van der Waals surface area contributed by atoms with Gasteiger partial charge in [0.05, 0.1) is 6.07 Å². The van der Waals surface area contributed by atoms with Gasteiger partial charge in [-0.25, -0.2) is 0 Å². The zero-order valence-electron chi connectivity index (χ0n) is 7.38. The molecule has 0 bridgehead atoms. The third-order valence-corrected chi connectivity index (χ3v) is 2.16. The third-order valence-electron chi connectivity index (χ3n) is 2.16. The molecular formula is C8H13N2Na. The van der Waals surface area contributed by atoms with Crippen molar-refractivity contribution >= 4 is 0 Å². The van der Waals surface area contributed by atoms with Gasteiger partial charge in [-0.1, -0.05) is 12.3 Å². The Morgan fingerprint density at radius 2 is 2.27 bits per heavy atom. The summed E-state index contributed by atoms with van der Waals surface area (Å²) in [7, 11) is 1.85. The minimum Gasteiger partial charge on any atom is -0.665 e. The molecule has 0 aromatic carbocycles. The second kappa shape index (κ2) is 6.02. The van der Waals surface area contributed by atoms with Crippen LogP contribution in [0.5, 0.6) is 0 Å². The molecule has 1 aliphatic carbocycles. The maximum Gasteiger partial charge on any atom is 1.00 e. The Morgan fingerprint density at radius 1 is 1.55 bits per heavy atom. The topological polar surface area (TPSA) is 37.9 Å². The van der Waals surface area contributed by atoms with Crippen LogP contribution in [-0.4, -0.2) is 13.6 Å². The fourth-order valence-corrected chi connectivity index (χ4v) is 1.62. The summed E-state index contributed by atoms with van der Waals surface area (Å²) in [6.07, 6.45) is 3.38. The van der Waals surface area contributed by atoms with E-state index < -0.39 is 0 Å². The molecule has 0 N–H and O–H groups in total. The number of nitriles is 1. The van der Waals surface area contributed by atoms with Gasteiger partial charge < -0.3 is 5.32 Å². The van der Waals surface area contributed by atoms with E-state index in [1.54, 1.807) is 0 Å². The normalized spacial score (nSPS) is 29.1. The largest absolute Gasteiger partial charge is 1.00 e. The zero-order chi connectivity index (χ0) is 7.40. The SMILES string of the molecule is C[N-]CC1CCC(C#N)C1.[Na+]. The van der Waals surface area contributed by atoms with E-state index in [1.165, 1.54) is 6.42 Å². The first-order chi connectivity index (χ1) is 4.86. The van der Waals surface area contributed by atoms with E-state index in [9.17, 15) is 0 Å². The molecule has 1 fully saturated rings. The van der Waals surface area contributed by atoms with Crippen LogP contribution in [0.4, 0.5) is 0 Å². The van der Waals surface area contributed by atoms with Crippen molar-refractivity contribution in [2.75, 3.05) is 13.6 Å². The van der Waals surface area contributed by atoms with E-state index in [2.05, 4.69) is 11.4 Å². The summed E-state index contributed by atoms with van der Waals surface area (Å²) >= 11 is 0. The molecule has 0 aromatic heterocycles. The summed E-state index contributed by atoms with van der Waals surface area (Å²) < 4.78 is 0. The minimum atomic E-state index is 0. The first-order valence-corrected chi connectivity index (χ1v) is 3.82. The molecule has 11 heavy (non-hydrogen) atoms. The average Bonchev–Trinajstić information content (AvgIpc) is 2.37. The van der Waals surface area contributed by atoms with Crippen LogP contribution in [0.25, 0.3) is 5.32 Å². The molecule has 0 heterocycles. The van der Waals surface area contributed by atoms with Crippen molar-refractivity contribution in [3.8, 4) is 6.07 Å². The minimum absolute atomic E-state index is 0. The van der Waals surface area contributed by atoms with Crippen LogP contribution in [0.15, 0.2) is 0 Å². The maximum atomic E-state index is 8.57.